The number of aromatic nitrogens is 3. The van der Waals surface area contributed by atoms with Gasteiger partial charge in [0.25, 0.3) is 0 Å². The third kappa shape index (κ3) is 4.70. The average molecular weight is 541 g/mol. The van der Waals surface area contributed by atoms with Gasteiger partial charge in [-0.25, -0.2) is 23.2 Å². The number of piperidine rings is 2. The fraction of sp³-hybridized carbons (Fsp3) is 0.500. The predicted molar refractivity (Wildman–Crippen MR) is 143 cm³/mol. The van der Waals surface area contributed by atoms with Crippen LogP contribution in [-0.2, 0) is 10.0 Å². The molecule has 3 aliphatic rings. The van der Waals surface area contributed by atoms with Gasteiger partial charge in [0.05, 0.1) is 6.17 Å². The maximum absolute atomic E-state index is 15.5. The molecule has 6 rings (SSSR count). The summed E-state index contributed by atoms with van der Waals surface area (Å²) in [6.45, 7) is 3.97. The highest BCUT2D eigenvalue weighted by molar-refractivity contribution is 7.89. The Labute approximate surface area is 221 Å². The SMILES string of the molecule is Cc1cnc2c(F)c(NC3CC(C)NN3)nc(NC3C[C@H]4CCC[C@@H](C3)N4S(=O)(=O)c3cccnc3)c2c1. The zero-order valence-electron chi connectivity index (χ0n) is 21.5. The largest absolute Gasteiger partial charge is 0.367 e. The number of hydrogen-bond donors (Lipinski definition) is 4. The van der Waals surface area contributed by atoms with Gasteiger partial charge in [0, 0.05) is 48.1 Å². The van der Waals surface area contributed by atoms with E-state index in [1.165, 1.54) is 6.20 Å². The minimum Gasteiger partial charge on any atom is -0.367 e. The minimum absolute atomic E-state index is 0.00790. The van der Waals surface area contributed by atoms with Crippen molar-refractivity contribution in [1.82, 2.24) is 30.1 Å². The summed E-state index contributed by atoms with van der Waals surface area (Å²) in [5, 5.41) is 7.36. The van der Waals surface area contributed by atoms with Crippen LogP contribution in [0.4, 0.5) is 16.0 Å². The molecule has 202 valence electrons. The summed E-state index contributed by atoms with van der Waals surface area (Å²) >= 11 is 0. The zero-order chi connectivity index (χ0) is 26.4. The highest BCUT2D eigenvalue weighted by Gasteiger charge is 2.45. The summed E-state index contributed by atoms with van der Waals surface area (Å²) in [5.74, 6) is 0.216. The first-order chi connectivity index (χ1) is 18.3. The molecule has 3 aromatic rings. The highest BCUT2D eigenvalue weighted by Crippen LogP contribution is 2.39. The Morgan fingerprint density at radius 1 is 1.08 bits per heavy atom. The van der Waals surface area contributed by atoms with Gasteiger partial charge in [-0.3, -0.25) is 15.4 Å². The molecule has 3 unspecified atom stereocenters. The molecule has 6 heterocycles. The van der Waals surface area contributed by atoms with Crippen molar-refractivity contribution < 1.29 is 12.8 Å². The topological polar surface area (TPSA) is 124 Å². The van der Waals surface area contributed by atoms with E-state index in [2.05, 4.69) is 36.4 Å². The molecule has 5 atom stereocenters. The summed E-state index contributed by atoms with van der Waals surface area (Å²) in [6, 6.07) is 5.16. The summed E-state index contributed by atoms with van der Waals surface area (Å²) < 4.78 is 44.3. The van der Waals surface area contributed by atoms with Crippen molar-refractivity contribution in [2.24, 2.45) is 0 Å². The van der Waals surface area contributed by atoms with Crippen molar-refractivity contribution in [3.05, 3.63) is 48.2 Å². The lowest BCUT2D eigenvalue weighted by Crippen LogP contribution is -2.56. The lowest BCUT2D eigenvalue weighted by atomic mass is 9.84. The smallest absolute Gasteiger partial charge is 0.245 e. The Hall–Kier alpha value is -2.93. The van der Waals surface area contributed by atoms with Crippen molar-refractivity contribution in [3.8, 4) is 0 Å². The molecule has 0 radical (unpaired) electrons. The van der Waals surface area contributed by atoms with Gasteiger partial charge < -0.3 is 10.6 Å². The maximum Gasteiger partial charge on any atom is 0.245 e. The molecular weight excluding hydrogens is 507 g/mol. The van der Waals surface area contributed by atoms with Crippen LogP contribution in [0.5, 0.6) is 0 Å². The van der Waals surface area contributed by atoms with Gasteiger partial charge in [-0.1, -0.05) is 6.42 Å². The number of hydrazine groups is 1. The number of nitrogens with zero attached hydrogens (tertiary/aromatic N) is 4. The number of nitrogens with one attached hydrogen (secondary N) is 4. The van der Waals surface area contributed by atoms with Crippen LogP contribution < -0.4 is 21.5 Å². The molecule has 4 N–H and O–H groups in total. The van der Waals surface area contributed by atoms with E-state index >= 15 is 4.39 Å². The van der Waals surface area contributed by atoms with Crippen molar-refractivity contribution in [2.45, 2.75) is 87.6 Å². The van der Waals surface area contributed by atoms with E-state index in [9.17, 15) is 8.42 Å². The van der Waals surface area contributed by atoms with Gasteiger partial charge in [-0.05, 0) is 69.7 Å². The highest BCUT2D eigenvalue weighted by atomic mass is 32.2. The van der Waals surface area contributed by atoms with E-state index in [-0.39, 0.29) is 46.6 Å². The Balaban J connectivity index is 1.29. The molecule has 3 aliphatic heterocycles. The first-order valence-electron chi connectivity index (χ1n) is 13.2. The second-order valence-corrected chi connectivity index (χ2v) is 12.6. The van der Waals surface area contributed by atoms with E-state index in [0.717, 1.165) is 31.2 Å². The molecule has 12 heteroatoms. The molecule has 3 fully saturated rings. The maximum atomic E-state index is 15.5. The zero-order valence-corrected chi connectivity index (χ0v) is 22.3. The van der Waals surface area contributed by atoms with Gasteiger partial charge >= 0.3 is 0 Å². The van der Waals surface area contributed by atoms with Crippen LogP contribution >= 0.6 is 0 Å². The third-order valence-corrected chi connectivity index (χ3v) is 9.77. The van der Waals surface area contributed by atoms with Crippen LogP contribution in [-0.4, -0.2) is 58.0 Å². The van der Waals surface area contributed by atoms with Crippen molar-refractivity contribution in [2.75, 3.05) is 10.6 Å². The first kappa shape index (κ1) is 25.4. The van der Waals surface area contributed by atoms with E-state index in [4.69, 9.17) is 0 Å². The second kappa shape index (κ2) is 9.99. The molecule has 2 bridgehead atoms. The van der Waals surface area contributed by atoms with Crippen LogP contribution in [0.2, 0.25) is 0 Å². The number of anilines is 2. The molecule has 38 heavy (non-hydrogen) atoms. The van der Waals surface area contributed by atoms with E-state index in [0.29, 0.717) is 24.0 Å². The molecule has 3 aromatic heterocycles. The number of hydrogen-bond acceptors (Lipinski definition) is 9. The monoisotopic (exact) mass is 540 g/mol. The van der Waals surface area contributed by atoms with E-state index in [1.807, 2.05) is 19.9 Å². The van der Waals surface area contributed by atoms with Crippen LogP contribution in [0.1, 0.15) is 51.0 Å². The summed E-state index contributed by atoms with van der Waals surface area (Å²) in [7, 11) is -3.64. The van der Waals surface area contributed by atoms with Crippen LogP contribution in [0.3, 0.4) is 0 Å². The molecule has 0 saturated carbocycles. The number of pyridine rings is 3. The minimum atomic E-state index is -3.64. The normalized spacial score (nSPS) is 27.9. The van der Waals surface area contributed by atoms with Crippen LogP contribution in [0.15, 0.2) is 41.7 Å². The Morgan fingerprint density at radius 3 is 2.55 bits per heavy atom. The Bertz CT molecular complexity index is 1430. The predicted octanol–water partition coefficient (Wildman–Crippen LogP) is 3.28. The fourth-order valence-corrected chi connectivity index (χ4v) is 7.96. The van der Waals surface area contributed by atoms with Gasteiger partial charge in [0.15, 0.2) is 11.6 Å². The molecule has 0 amide bonds. The third-order valence-electron chi connectivity index (χ3n) is 7.78. The molecule has 10 nitrogen and oxygen atoms in total. The van der Waals surface area contributed by atoms with E-state index in [1.54, 1.807) is 28.8 Å². The Kier molecular flexibility index (Phi) is 6.67. The molecule has 0 aromatic carbocycles. The van der Waals surface area contributed by atoms with Crippen LogP contribution in [0, 0.1) is 12.7 Å². The van der Waals surface area contributed by atoms with Gasteiger partial charge in [-0.2, -0.15) is 4.31 Å². The molecule has 3 saturated heterocycles. The fourth-order valence-electron chi connectivity index (χ4n) is 6.10. The van der Waals surface area contributed by atoms with Gasteiger partial charge in [-0.15, -0.1) is 0 Å². The first-order valence-corrected chi connectivity index (χ1v) is 14.7. The average Bonchev–Trinajstić information content (AvgIpc) is 3.31. The van der Waals surface area contributed by atoms with Crippen molar-refractivity contribution in [1.29, 1.82) is 0 Å². The molecule has 0 spiro atoms. The summed E-state index contributed by atoms with van der Waals surface area (Å²) in [6.07, 6.45) is 9.15. The van der Waals surface area contributed by atoms with Gasteiger partial charge in [0.2, 0.25) is 10.0 Å². The molecular formula is C26H33FN8O2S. The quantitative estimate of drug-likeness (QED) is 0.373. The Morgan fingerprint density at radius 2 is 1.87 bits per heavy atom. The standard InChI is InChI=1S/C26H33FN8O2S/c1-15-9-21-24(29-13-15)23(27)26(31-22-10-16(2)33-34-22)32-25(21)30-17-11-18-5-3-6-19(12-17)35(18)38(36,37)20-7-4-8-28-14-20/h4,7-9,13-14,16-19,22,33-34H,3,5-6,10-12H2,1-2H3,(H2,30,31,32)/t16?,17?,18-,19+,22?. The lowest BCUT2D eigenvalue weighted by molar-refractivity contribution is 0.116. The van der Waals surface area contributed by atoms with Crippen molar-refractivity contribution >= 4 is 32.6 Å². The van der Waals surface area contributed by atoms with Crippen molar-refractivity contribution in [3.63, 3.8) is 0 Å². The lowest BCUT2D eigenvalue weighted by Gasteiger charge is -2.47. The number of aryl methyl sites for hydroxylation is 1. The number of rotatable bonds is 6. The summed E-state index contributed by atoms with van der Waals surface area (Å²) in [4.78, 5) is 13.3. The number of halogens is 1. The molecule has 0 aliphatic carbocycles. The van der Waals surface area contributed by atoms with E-state index < -0.39 is 15.8 Å². The second-order valence-electron chi connectivity index (χ2n) is 10.7. The van der Waals surface area contributed by atoms with Crippen LogP contribution in [0.25, 0.3) is 10.9 Å². The summed E-state index contributed by atoms with van der Waals surface area (Å²) in [5.41, 5.74) is 7.42. The van der Waals surface area contributed by atoms with Gasteiger partial charge in [0.1, 0.15) is 16.2 Å². The number of sulfonamides is 1. The number of fused-ring (bicyclic) bond motifs is 3.